The highest BCUT2D eigenvalue weighted by Gasteiger charge is 2.17. The number of nitrogens with zero attached hydrogens (tertiary/aromatic N) is 1. The van der Waals surface area contributed by atoms with E-state index in [1.165, 1.54) is 0 Å². The van der Waals surface area contributed by atoms with Crippen molar-refractivity contribution >= 4 is 29.2 Å². The third-order valence-electron chi connectivity index (χ3n) is 4.94. The Morgan fingerprint density at radius 1 is 1.03 bits per heavy atom. The summed E-state index contributed by atoms with van der Waals surface area (Å²) in [5.41, 5.74) is 2.70. The van der Waals surface area contributed by atoms with Gasteiger partial charge in [0.15, 0.2) is 0 Å². The van der Waals surface area contributed by atoms with Gasteiger partial charge in [0.05, 0.1) is 6.54 Å². The second kappa shape index (κ2) is 9.62. The van der Waals surface area contributed by atoms with Crippen LogP contribution in [0.25, 0.3) is 0 Å². The summed E-state index contributed by atoms with van der Waals surface area (Å²) in [7, 11) is 0. The van der Waals surface area contributed by atoms with Gasteiger partial charge in [0.25, 0.3) is 11.5 Å². The van der Waals surface area contributed by atoms with Crippen molar-refractivity contribution in [2.75, 3.05) is 5.32 Å². The first kappa shape index (κ1) is 22.3. The van der Waals surface area contributed by atoms with Crippen LogP contribution in [-0.2, 0) is 11.3 Å². The van der Waals surface area contributed by atoms with Crippen molar-refractivity contribution in [3.8, 4) is 5.75 Å². The molecule has 0 aliphatic rings. The minimum atomic E-state index is -0.503. The molecule has 0 spiro atoms. The van der Waals surface area contributed by atoms with Crippen LogP contribution >= 0.6 is 11.6 Å². The molecule has 160 valence electrons. The molecule has 0 aliphatic heterocycles. The third kappa shape index (κ3) is 5.41. The lowest BCUT2D eigenvalue weighted by Gasteiger charge is -2.15. The number of nitrogens with one attached hydrogen (secondary N) is 1. The van der Waals surface area contributed by atoms with E-state index in [-0.39, 0.29) is 23.5 Å². The summed E-state index contributed by atoms with van der Waals surface area (Å²) in [6, 6.07) is 15.2. The van der Waals surface area contributed by atoms with Gasteiger partial charge in [-0.05, 0) is 67.4 Å². The Morgan fingerprint density at radius 2 is 1.68 bits per heavy atom. The highest BCUT2D eigenvalue weighted by molar-refractivity contribution is 6.30. The zero-order chi connectivity index (χ0) is 22.5. The van der Waals surface area contributed by atoms with Crippen LogP contribution in [-0.4, -0.2) is 16.4 Å². The van der Waals surface area contributed by atoms with Crippen molar-refractivity contribution in [2.24, 2.45) is 0 Å². The topological polar surface area (TPSA) is 77.4 Å². The van der Waals surface area contributed by atoms with Crippen LogP contribution in [0.15, 0.2) is 59.4 Å². The van der Waals surface area contributed by atoms with Crippen LogP contribution in [0.1, 0.15) is 40.5 Å². The lowest BCUT2D eigenvalue weighted by Crippen LogP contribution is -2.31. The molecule has 0 radical (unpaired) electrons. The number of anilines is 1. The van der Waals surface area contributed by atoms with E-state index in [1.54, 1.807) is 54.0 Å². The lowest BCUT2D eigenvalue weighted by atomic mass is 10.1. The summed E-state index contributed by atoms with van der Waals surface area (Å²) >= 11 is 5.94. The molecule has 1 amide bonds. The van der Waals surface area contributed by atoms with Gasteiger partial charge in [0, 0.05) is 22.8 Å². The maximum atomic E-state index is 13.1. The summed E-state index contributed by atoms with van der Waals surface area (Å²) in [6.45, 7) is 5.76. The van der Waals surface area contributed by atoms with E-state index in [4.69, 9.17) is 16.3 Å². The van der Waals surface area contributed by atoms with Crippen molar-refractivity contribution in [3.63, 3.8) is 0 Å². The van der Waals surface area contributed by atoms with Crippen molar-refractivity contribution < 1.29 is 14.3 Å². The number of ether oxygens (including phenoxy) is 1. The van der Waals surface area contributed by atoms with Crippen LogP contribution in [0.3, 0.4) is 0 Å². The number of rotatable bonds is 6. The number of esters is 1. The minimum absolute atomic E-state index is 0.0542. The maximum Gasteiger partial charge on any atom is 0.310 e. The molecule has 0 atom stereocenters. The summed E-state index contributed by atoms with van der Waals surface area (Å²) in [6.07, 6.45) is 0.271. The minimum Gasteiger partial charge on any atom is -0.427 e. The molecule has 1 aromatic heterocycles. The summed E-state index contributed by atoms with van der Waals surface area (Å²) in [5, 5.41) is 3.35. The van der Waals surface area contributed by atoms with Gasteiger partial charge in [-0.3, -0.25) is 14.4 Å². The van der Waals surface area contributed by atoms with Crippen LogP contribution in [0, 0.1) is 13.8 Å². The number of carbonyl (C=O) groups excluding carboxylic acids is 2. The normalized spacial score (nSPS) is 10.6. The summed E-state index contributed by atoms with van der Waals surface area (Å²) in [4.78, 5) is 37.3. The molecule has 0 unspecified atom stereocenters. The number of hydrogen-bond donors (Lipinski definition) is 1. The molecule has 0 fully saturated rings. The zero-order valence-electron chi connectivity index (χ0n) is 17.6. The van der Waals surface area contributed by atoms with E-state index in [0.717, 1.165) is 16.8 Å². The number of halogens is 1. The van der Waals surface area contributed by atoms with Crippen molar-refractivity contribution in [1.29, 1.82) is 0 Å². The van der Waals surface area contributed by atoms with Gasteiger partial charge in [-0.15, -0.1) is 0 Å². The van der Waals surface area contributed by atoms with Gasteiger partial charge in [0.2, 0.25) is 0 Å². The standard InChI is InChI=1S/C24H23ClN2O4/c1-4-22(28)31-20-11-9-19(10-12-20)26-23(29)21-13-15(2)16(3)27(24(21)30)14-17-5-7-18(25)8-6-17/h5-13H,4,14H2,1-3H3,(H,26,29). The van der Waals surface area contributed by atoms with Crippen molar-refractivity contribution in [2.45, 2.75) is 33.7 Å². The van der Waals surface area contributed by atoms with E-state index in [1.807, 2.05) is 26.0 Å². The van der Waals surface area contributed by atoms with Gasteiger partial charge in [-0.1, -0.05) is 30.7 Å². The Kier molecular flexibility index (Phi) is 6.92. The first-order valence-corrected chi connectivity index (χ1v) is 10.2. The predicted molar refractivity (Wildman–Crippen MR) is 121 cm³/mol. The monoisotopic (exact) mass is 438 g/mol. The van der Waals surface area contributed by atoms with Gasteiger partial charge in [-0.2, -0.15) is 0 Å². The third-order valence-corrected chi connectivity index (χ3v) is 5.20. The Balaban J connectivity index is 1.84. The molecule has 0 aliphatic carbocycles. The van der Waals surface area contributed by atoms with Gasteiger partial charge >= 0.3 is 5.97 Å². The molecular weight excluding hydrogens is 416 g/mol. The number of aromatic nitrogens is 1. The second-order valence-electron chi connectivity index (χ2n) is 7.15. The molecule has 1 heterocycles. The Labute approximate surface area is 185 Å². The Bertz CT molecular complexity index is 1170. The second-order valence-corrected chi connectivity index (χ2v) is 7.59. The van der Waals surface area contributed by atoms with Crippen LogP contribution in [0.5, 0.6) is 5.75 Å². The van der Waals surface area contributed by atoms with E-state index in [9.17, 15) is 14.4 Å². The number of hydrogen-bond acceptors (Lipinski definition) is 4. The first-order valence-electron chi connectivity index (χ1n) is 9.86. The van der Waals surface area contributed by atoms with Crippen LogP contribution < -0.4 is 15.6 Å². The summed E-state index contributed by atoms with van der Waals surface area (Å²) in [5.74, 6) is -0.453. The smallest absolute Gasteiger partial charge is 0.310 e. The molecule has 31 heavy (non-hydrogen) atoms. The number of amides is 1. The molecule has 6 nitrogen and oxygen atoms in total. The molecule has 2 aromatic carbocycles. The number of carbonyl (C=O) groups is 2. The predicted octanol–water partition coefficient (Wildman–Crippen LogP) is 4.73. The van der Waals surface area contributed by atoms with E-state index in [0.29, 0.717) is 23.0 Å². The number of aryl methyl sites for hydroxylation is 1. The average molecular weight is 439 g/mol. The fourth-order valence-corrected chi connectivity index (χ4v) is 3.15. The van der Waals surface area contributed by atoms with Crippen molar-refractivity contribution in [3.05, 3.63) is 92.4 Å². The highest BCUT2D eigenvalue weighted by atomic mass is 35.5. The molecule has 0 saturated carbocycles. The molecule has 3 rings (SSSR count). The molecule has 3 aromatic rings. The van der Waals surface area contributed by atoms with Gasteiger partial charge in [-0.25, -0.2) is 0 Å². The lowest BCUT2D eigenvalue weighted by molar-refractivity contribution is -0.134. The fourth-order valence-electron chi connectivity index (χ4n) is 3.03. The van der Waals surface area contributed by atoms with Gasteiger partial charge in [0.1, 0.15) is 11.3 Å². The SMILES string of the molecule is CCC(=O)Oc1ccc(NC(=O)c2cc(C)c(C)n(Cc3ccc(Cl)cc3)c2=O)cc1. The zero-order valence-corrected chi connectivity index (χ0v) is 18.3. The number of pyridine rings is 1. The maximum absolute atomic E-state index is 13.1. The average Bonchev–Trinajstić information content (AvgIpc) is 2.76. The molecular formula is C24H23ClN2O4. The Morgan fingerprint density at radius 3 is 2.29 bits per heavy atom. The van der Waals surface area contributed by atoms with Crippen LogP contribution in [0.4, 0.5) is 5.69 Å². The quantitative estimate of drug-likeness (QED) is 0.445. The first-order chi connectivity index (χ1) is 14.8. The van der Waals surface area contributed by atoms with Crippen molar-refractivity contribution in [1.82, 2.24) is 4.57 Å². The molecule has 7 heteroatoms. The molecule has 0 saturated heterocycles. The van der Waals surface area contributed by atoms with Gasteiger partial charge < -0.3 is 14.6 Å². The number of benzene rings is 2. The van der Waals surface area contributed by atoms with E-state index in [2.05, 4.69) is 5.32 Å². The largest absolute Gasteiger partial charge is 0.427 e. The molecule has 1 N–H and O–H groups in total. The fraction of sp³-hybridized carbons (Fsp3) is 0.208. The highest BCUT2D eigenvalue weighted by Crippen LogP contribution is 2.18. The van der Waals surface area contributed by atoms with E-state index >= 15 is 0 Å². The Hall–Kier alpha value is -3.38. The van der Waals surface area contributed by atoms with E-state index < -0.39 is 5.91 Å². The van der Waals surface area contributed by atoms with Crippen LogP contribution in [0.2, 0.25) is 5.02 Å². The summed E-state index contributed by atoms with van der Waals surface area (Å²) < 4.78 is 6.71. The molecule has 0 bridgehead atoms.